The third kappa shape index (κ3) is 4.04. The molecule has 0 amide bonds. The molecule has 3 aromatic rings. The van der Waals surface area contributed by atoms with E-state index in [1.807, 2.05) is 6.07 Å². The summed E-state index contributed by atoms with van der Waals surface area (Å²) in [6.07, 6.45) is 2.80. The fourth-order valence-electron chi connectivity index (χ4n) is 4.59. The molecular formula is C23H29N5O5. The van der Waals surface area contributed by atoms with Crippen LogP contribution in [-0.2, 0) is 11.2 Å². The van der Waals surface area contributed by atoms with Crippen molar-refractivity contribution in [1.29, 1.82) is 0 Å². The molecule has 10 nitrogen and oxygen atoms in total. The first-order chi connectivity index (χ1) is 16.1. The van der Waals surface area contributed by atoms with Crippen molar-refractivity contribution >= 4 is 17.0 Å². The van der Waals surface area contributed by atoms with Crippen molar-refractivity contribution in [1.82, 2.24) is 19.5 Å². The highest BCUT2D eigenvalue weighted by Crippen LogP contribution is 2.37. The molecule has 1 saturated heterocycles. The number of hydrogen-bond acceptors (Lipinski definition) is 9. The summed E-state index contributed by atoms with van der Waals surface area (Å²) in [6, 6.07) is 6.33. The molecule has 2 aliphatic rings. The Morgan fingerprint density at radius 3 is 2.88 bits per heavy atom. The fourth-order valence-corrected chi connectivity index (χ4v) is 4.59. The van der Waals surface area contributed by atoms with Crippen LogP contribution >= 0.6 is 0 Å². The summed E-state index contributed by atoms with van der Waals surface area (Å²) in [6.45, 7) is 2.48. The van der Waals surface area contributed by atoms with Crippen LogP contribution in [0.15, 0.2) is 30.9 Å². The van der Waals surface area contributed by atoms with Crippen molar-refractivity contribution in [2.24, 2.45) is 0 Å². The summed E-state index contributed by atoms with van der Waals surface area (Å²) in [5, 5.41) is 33.3. The smallest absolute Gasteiger partial charge is 0.167 e. The highest BCUT2D eigenvalue weighted by molar-refractivity contribution is 5.83. The number of aliphatic hydroxyl groups is 3. The Bertz CT molecular complexity index is 1120. The van der Waals surface area contributed by atoms with Gasteiger partial charge in [0.2, 0.25) is 0 Å². The van der Waals surface area contributed by atoms with Crippen LogP contribution in [0.25, 0.3) is 11.2 Å². The first-order valence-corrected chi connectivity index (χ1v) is 11.4. The number of aliphatic hydroxyl groups excluding tert-OH is 3. The maximum atomic E-state index is 10.4. The Kier molecular flexibility index (Phi) is 6.15. The number of hydrogen-bond donors (Lipinski definition) is 4. The van der Waals surface area contributed by atoms with Gasteiger partial charge >= 0.3 is 0 Å². The van der Waals surface area contributed by atoms with Crippen LogP contribution in [-0.4, -0.2) is 66.4 Å². The van der Waals surface area contributed by atoms with Crippen LogP contribution in [0.4, 0.5) is 5.82 Å². The predicted molar refractivity (Wildman–Crippen MR) is 120 cm³/mol. The molecule has 3 heterocycles. The summed E-state index contributed by atoms with van der Waals surface area (Å²) >= 11 is 0. The maximum Gasteiger partial charge on any atom is 0.167 e. The second-order valence-electron chi connectivity index (χ2n) is 8.57. The van der Waals surface area contributed by atoms with Crippen LogP contribution in [0.1, 0.15) is 49.6 Å². The molecule has 4 N–H and O–H groups in total. The van der Waals surface area contributed by atoms with Gasteiger partial charge in [0.05, 0.1) is 25.6 Å². The fraction of sp³-hybridized carbons (Fsp3) is 0.522. The molecule has 0 radical (unpaired) electrons. The van der Waals surface area contributed by atoms with E-state index in [-0.39, 0.29) is 6.04 Å². The van der Waals surface area contributed by atoms with E-state index in [2.05, 4.69) is 39.3 Å². The van der Waals surface area contributed by atoms with Crippen molar-refractivity contribution in [3.05, 3.63) is 42.0 Å². The van der Waals surface area contributed by atoms with Gasteiger partial charge in [-0.1, -0.05) is 19.4 Å². The highest BCUT2D eigenvalue weighted by atomic mass is 16.6. The van der Waals surface area contributed by atoms with Crippen LogP contribution < -0.4 is 10.1 Å². The third-order valence-electron chi connectivity index (χ3n) is 6.42. The van der Waals surface area contributed by atoms with Gasteiger partial charge in [-0.2, -0.15) is 0 Å². The number of aromatic nitrogens is 4. The van der Waals surface area contributed by atoms with Gasteiger partial charge in [0.15, 0.2) is 23.2 Å². The Morgan fingerprint density at radius 1 is 1.21 bits per heavy atom. The lowest BCUT2D eigenvalue weighted by atomic mass is 10.1. The van der Waals surface area contributed by atoms with Crippen molar-refractivity contribution in [3.63, 3.8) is 0 Å². The van der Waals surface area contributed by atoms with E-state index in [4.69, 9.17) is 9.47 Å². The van der Waals surface area contributed by atoms with Gasteiger partial charge in [-0.3, -0.25) is 4.57 Å². The minimum absolute atomic E-state index is 0.0851. The average Bonchev–Trinajstić information content (AvgIpc) is 3.51. The van der Waals surface area contributed by atoms with Gasteiger partial charge in [0.1, 0.15) is 30.4 Å². The first-order valence-electron chi connectivity index (χ1n) is 11.4. The van der Waals surface area contributed by atoms with Gasteiger partial charge in [-0.25, -0.2) is 15.0 Å². The van der Waals surface area contributed by atoms with Crippen LogP contribution in [0.3, 0.4) is 0 Å². The molecule has 1 unspecified atom stereocenters. The lowest BCUT2D eigenvalue weighted by molar-refractivity contribution is -0.0511. The molecule has 5 rings (SSSR count). The zero-order valence-corrected chi connectivity index (χ0v) is 18.5. The van der Waals surface area contributed by atoms with E-state index in [9.17, 15) is 15.3 Å². The van der Waals surface area contributed by atoms with E-state index in [0.717, 1.165) is 38.0 Å². The number of nitrogens with zero attached hydrogens (tertiary/aromatic N) is 4. The number of fused-ring (bicyclic) bond motifs is 2. The number of anilines is 1. The van der Waals surface area contributed by atoms with Gasteiger partial charge in [-0.05, 0) is 42.5 Å². The minimum Gasteiger partial charge on any atom is -0.494 e. The molecule has 1 aliphatic heterocycles. The third-order valence-corrected chi connectivity index (χ3v) is 6.42. The minimum atomic E-state index is -1.21. The predicted octanol–water partition coefficient (Wildman–Crippen LogP) is 1.72. The first kappa shape index (κ1) is 22.0. The van der Waals surface area contributed by atoms with E-state index in [1.54, 1.807) is 4.57 Å². The summed E-state index contributed by atoms with van der Waals surface area (Å²) in [4.78, 5) is 13.2. The molecule has 1 aliphatic carbocycles. The molecule has 0 saturated carbocycles. The van der Waals surface area contributed by atoms with E-state index in [0.29, 0.717) is 17.0 Å². The quantitative estimate of drug-likeness (QED) is 0.374. The molecule has 5 atom stereocenters. The summed E-state index contributed by atoms with van der Waals surface area (Å²) in [5.41, 5.74) is 3.50. The second kappa shape index (κ2) is 9.22. The summed E-state index contributed by atoms with van der Waals surface area (Å²) in [7, 11) is 0. The Hall–Kier alpha value is -2.79. The maximum absolute atomic E-state index is 10.4. The van der Waals surface area contributed by atoms with E-state index >= 15 is 0 Å². The monoisotopic (exact) mass is 455 g/mol. The molecule has 0 bridgehead atoms. The van der Waals surface area contributed by atoms with Crippen LogP contribution in [0.2, 0.25) is 0 Å². The van der Waals surface area contributed by atoms with Crippen molar-refractivity contribution in [2.45, 2.75) is 63.2 Å². The van der Waals surface area contributed by atoms with Crippen LogP contribution in [0, 0.1) is 0 Å². The Labute approximate surface area is 191 Å². The van der Waals surface area contributed by atoms with Gasteiger partial charge in [-0.15, -0.1) is 0 Å². The topological polar surface area (TPSA) is 135 Å². The normalized spacial score (nSPS) is 26.6. The number of benzene rings is 1. The second-order valence-corrected chi connectivity index (χ2v) is 8.57. The molecule has 10 heteroatoms. The lowest BCUT2D eigenvalue weighted by Crippen LogP contribution is -2.33. The molecule has 1 aromatic carbocycles. The number of aryl methyl sites for hydroxylation is 1. The lowest BCUT2D eigenvalue weighted by Gasteiger charge is -2.17. The number of rotatable bonds is 8. The average molecular weight is 456 g/mol. The zero-order valence-electron chi connectivity index (χ0n) is 18.5. The number of ether oxygens (including phenoxy) is 2. The number of unbranched alkanes of at least 4 members (excludes halogenated alkanes) is 1. The van der Waals surface area contributed by atoms with Crippen molar-refractivity contribution in [2.75, 3.05) is 18.5 Å². The van der Waals surface area contributed by atoms with E-state index < -0.39 is 31.1 Å². The summed E-state index contributed by atoms with van der Waals surface area (Å²) < 4.78 is 13.0. The molecule has 33 heavy (non-hydrogen) atoms. The van der Waals surface area contributed by atoms with Crippen LogP contribution in [0.5, 0.6) is 5.75 Å². The van der Waals surface area contributed by atoms with Crippen molar-refractivity contribution < 1.29 is 24.8 Å². The standard InChI is InChI=1S/C23H29N5O5/c1-2-3-8-32-14-5-6-15-13(9-14)4-7-16(15)27-21-18-22(25-11-24-21)28(12-26-18)23-20(31)19(30)17(10-29)33-23/h5-6,9,11-12,16-17,19-20,23,29-31H,2-4,7-8,10H2,1H3,(H,24,25,27)/t16?,17-,19-,20-,23-/m1/s1. The Morgan fingerprint density at radius 2 is 2.09 bits per heavy atom. The Balaban J connectivity index is 1.36. The van der Waals surface area contributed by atoms with Crippen molar-refractivity contribution in [3.8, 4) is 5.75 Å². The van der Waals surface area contributed by atoms with Gasteiger partial charge in [0, 0.05) is 0 Å². The number of imidazole rings is 1. The largest absolute Gasteiger partial charge is 0.494 e. The highest BCUT2D eigenvalue weighted by Gasteiger charge is 2.44. The zero-order chi connectivity index (χ0) is 22.9. The molecular weight excluding hydrogens is 426 g/mol. The molecule has 2 aromatic heterocycles. The van der Waals surface area contributed by atoms with E-state index in [1.165, 1.54) is 23.8 Å². The summed E-state index contributed by atoms with van der Waals surface area (Å²) in [5.74, 6) is 1.50. The molecule has 176 valence electrons. The molecule has 0 spiro atoms. The SMILES string of the molecule is CCCCOc1ccc2c(c1)CCC2Nc1ncnc2c1ncn2[C@@H]1O[C@H](CO)[C@@H](O)[C@H]1O. The number of nitrogens with one attached hydrogen (secondary N) is 1. The van der Waals surface area contributed by atoms with Gasteiger partial charge < -0.3 is 30.1 Å². The van der Waals surface area contributed by atoms with Gasteiger partial charge in [0.25, 0.3) is 0 Å². The molecule has 1 fully saturated rings.